The molecule has 0 amide bonds. The molecule has 1 aromatic heterocycles. The van der Waals surface area contributed by atoms with Crippen molar-refractivity contribution in [2.75, 3.05) is 25.1 Å². The molecule has 4 N–H and O–H groups in total. The summed E-state index contributed by atoms with van der Waals surface area (Å²) in [6.45, 7) is 2.81. The molecule has 0 unspecified atom stereocenters. The van der Waals surface area contributed by atoms with Crippen molar-refractivity contribution in [3.05, 3.63) is 82.3 Å². The zero-order valence-electron chi connectivity index (χ0n) is 25.9. The molecular formula is C31H34ClF2N3O10S. The summed E-state index contributed by atoms with van der Waals surface area (Å²) < 4.78 is 71.3. The number of hydrogen-bond donors (Lipinski definition) is 3. The van der Waals surface area contributed by atoms with Crippen LogP contribution in [0.1, 0.15) is 59.6 Å². The molecule has 0 saturated carbocycles. The molecule has 0 radical (unpaired) electrons. The highest BCUT2D eigenvalue weighted by Crippen LogP contribution is 2.29. The van der Waals surface area contributed by atoms with Crippen molar-refractivity contribution in [2.24, 2.45) is 5.14 Å². The number of carbonyl (C=O) groups excluding carboxylic acids is 4. The fourth-order valence-electron chi connectivity index (χ4n) is 4.23. The van der Waals surface area contributed by atoms with Crippen LogP contribution in [-0.2, 0) is 40.4 Å². The standard InChI is InChI=1S/C31H34ClF2N3O10S/c1-18(37-19(2)30(40)20-11-21(33)13-22(34)12-20)17-47-29(39)7-6-28(38)45-9-4-10-46-31(41)24-14-27(48(35,42)43)25(32)15-26(24)36-16-23-5-3-8-44-23/h3,5,8,11-15,18-19,36-37H,4,6-7,9-10,16-17H2,1-2H3,(H2,35,42,43)/t18-,19+/m0/s1. The molecule has 260 valence electrons. The molecule has 1 heterocycles. The van der Waals surface area contributed by atoms with Crippen molar-refractivity contribution in [3.8, 4) is 0 Å². The van der Waals surface area contributed by atoms with Gasteiger partial charge < -0.3 is 29.3 Å². The second-order valence-electron chi connectivity index (χ2n) is 10.5. The molecule has 0 fully saturated rings. The van der Waals surface area contributed by atoms with Crippen LogP contribution in [0.15, 0.2) is 58.0 Å². The number of halogens is 3. The summed E-state index contributed by atoms with van der Waals surface area (Å²) in [6.07, 6.45) is 0.982. The summed E-state index contributed by atoms with van der Waals surface area (Å²) in [5.41, 5.74) is -0.129. The van der Waals surface area contributed by atoms with E-state index in [0.717, 1.165) is 18.2 Å². The van der Waals surface area contributed by atoms with Gasteiger partial charge in [0, 0.05) is 24.1 Å². The topological polar surface area (TPSA) is 193 Å². The number of ether oxygens (including phenoxy) is 3. The van der Waals surface area contributed by atoms with Crippen LogP contribution in [0.2, 0.25) is 5.02 Å². The van der Waals surface area contributed by atoms with Crippen molar-refractivity contribution in [2.45, 2.75) is 56.6 Å². The number of benzene rings is 2. The third-order valence-electron chi connectivity index (χ3n) is 6.52. The molecule has 13 nitrogen and oxygen atoms in total. The Bertz CT molecular complexity index is 1700. The minimum absolute atomic E-state index is 0.0923. The molecule has 0 aliphatic heterocycles. The van der Waals surface area contributed by atoms with E-state index in [2.05, 4.69) is 10.6 Å². The van der Waals surface area contributed by atoms with Crippen LogP contribution in [0.25, 0.3) is 0 Å². The maximum atomic E-state index is 13.4. The van der Waals surface area contributed by atoms with Crippen molar-refractivity contribution in [1.29, 1.82) is 0 Å². The van der Waals surface area contributed by atoms with Crippen LogP contribution in [0.4, 0.5) is 14.5 Å². The molecule has 0 bridgehead atoms. The van der Waals surface area contributed by atoms with E-state index in [1.54, 1.807) is 19.1 Å². The number of Topliss-reactive ketones (excluding diaryl/α,β-unsaturated/α-hetero) is 1. The third kappa shape index (κ3) is 12.0. The van der Waals surface area contributed by atoms with Gasteiger partial charge in [0.1, 0.15) is 28.9 Å². The number of carbonyl (C=O) groups is 4. The molecule has 3 rings (SSSR count). The van der Waals surface area contributed by atoms with Crippen molar-refractivity contribution < 1.29 is 55.0 Å². The maximum absolute atomic E-state index is 13.4. The molecule has 48 heavy (non-hydrogen) atoms. The quantitative estimate of drug-likeness (QED) is 0.0740. The van der Waals surface area contributed by atoms with Gasteiger partial charge in [-0.05, 0) is 50.2 Å². The third-order valence-corrected chi connectivity index (χ3v) is 7.89. The Balaban J connectivity index is 1.37. The second kappa shape index (κ2) is 17.7. The lowest BCUT2D eigenvalue weighted by Crippen LogP contribution is -2.42. The smallest absolute Gasteiger partial charge is 0.340 e. The van der Waals surface area contributed by atoms with Gasteiger partial charge in [-0.1, -0.05) is 11.6 Å². The number of rotatable bonds is 18. The van der Waals surface area contributed by atoms with Crippen LogP contribution in [0, 0.1) is 11.6 Å². The number of nitrogens with two attached hydrogens (primary N) is 1. The largest absolute Gasteiger partial charge is 0.467 e. The Morgan fingerprint density at radius 1 is 0.958 bits per heavy atom. The summed E-state index contributed by atoms with van der Waals surface area (Å²) in [6, 6.07) is 6.76. The Morgan fingerprint density at radius 2 is 1.60 bits per heavy atom. The molecule has 0 aliphatic carbocycles. The summed E-state index contributed by atoms with van der Waals surface area (Å²) in [5, 5.41) is 10.8. The first-order valence-electron chi connectivity index (χ1n) is 14.5. The van der Waals surface area contributed by atoms with E-state index >= 15 is 0 Å². The fraction of sp³-hybridized carbons (Fsp3) is 0.355. The summed E-state index contributed by atoms with van der Waals surface area (Å²) in [5.74, 6) is -4.06. The number of sulfonamides is 1. The highest BCUT2D eigenvalue weighted by Gasteiger charge is 2.23. The van der Waals surface area contributed by atoms with Crippen LogP contribution in [0.5, 0.6) is 0 Å². The predicted molar refractivity (Wildman–Crippen MR) is 168 cm³/mol. The highest BCUT2D eigenvalue weighted by molar-refractivity contribution is 7.89. The van der Waals surface area contributed by atoms with Gasteiger partial charge in [0.25, 0.3) is 0 Å². The summed E-state index contributed by atoms with van der Waals surface area (Å²) in [4.78, 5) is 48.9. The van der Waals surface area contributed by atoms with E-state index in [1.807, 2.05) is 0 Å². The van der Waals surface area contributed by atoms with Crippen LogP contribution in [0.3, 0.4) is 0 Å². The SMILES string of the molecule is C[C@@H](COC(=O)CCC(=O)OCCCOC(=O)c1cc(S(N)(=O)=O)c(Cl)cc1NCc1ccco1)N[C@H](C)C(=O)c1cc(F)cc(F)c1. The van der Waals surface area contributed by atoms with Gasteiger partial charge in [-0.2, -0.15) is 0 Å². The molecule has 2 aromatic carbocycles. The van der Waals surface area contributed by atoms with Gasteiger partial charge in [0.15, 0.2) is 5.78 Å². The average Bonchev–Trinajstić information content (AvgIpc) is 3.54. The van der Waals surface area contributed by atoms with Gasteiger partial charge >= 0.3 is 17.9 Å². The van der Waals surface area contributed by atoms with Crippen LogP contribution >= 0.6 is 11.6 Å². The van der Waals surface area contributed by atoms with Crippen molar-refractivity contribution >= 4 is 51.0 Å². The normalized spacial score (nSPS) is 12.5. The summed E-state index contributed by atoms with van der Waals surface area (Å²) >= 11 is 6.07. The van der Waals surface area contributed by atoms with E-state index in [4.69, 9.17) is 35.4 Å². The number of nitrogens with one attached hydrogen (secondary N) is 2. The predicted octanol–water partition coefficient (Wildman–Crippen LogP) is 4.13. The van der Waals surface area contributed by atoms with Crippen molar-refractivity contribution in [3.63, 3.8) is 0 Å². The Hall–Kier alpha value is -4.38. The number of anilines is 1. The number of ketones is 1. The molecule has 17 heteroatoms. The van der Waals surface area contributed by atoms with Gasteiger partial charge in [0.2, 0.25) is 10.0 Å². The first kappa shape index (κ1) is 38.1. The van der Waals surface area contributed by atoms with Crippen LogP contribution in [-0.4, -0.2) is 64.0 Å². The first-order valence-corrected chi connectivity index (χ1v) is 16.4. The van der Waals surface area contributed by atoms with E-state index in [0.29, 0.717) is 11.8 Å². The van der Waals surface area contributed by atoms with E-state index in [1.165, 1.54) is 19.3 Å². The van der Waals surface area contributed by atoms with Gasteiger partial charge in [-0.25, -0.2) is 27.1 Å². The van der Waals surface area contributed by atoms with Gasteiger partial charge in [-0.15, -0.1) is 0 Å². The molecule has 0 spiro atoms. The van der Waals surface area contributed by atoms with Gasteiger partial charge in [-0.3, -0.25) is 14.4 Å². The molecule has 3 aromatic rings. The summed E-state index contributed by atoms with van der Waals surface area (Å²) in [7, 11) is -4.26. The number of esters is 3. The Labute approximate surface area is 280 Å². The number of hydrogen-bond acceptors (Lipinski definition) is 12. The van der Waals surface area contributed by atoms with E-state index in [-0.39, 0.29) is 67.5 Å². The lowest BCUT2D eigenvalue weighted by molar-refractivity contribution is -0.150. The molecular weight excluding hydrogens is 680 g/mol. The zero-order chi connectivity index (χ0) is 35.4. The minimum Gasteiger partial charge on any atom is -0.467 e. The second-order valence-corrected chi connectivity index (χ2v) is 12.4. The number of primary sulfonamides is 1. The Morgan fingerprint density at radius 3 is 2.23 bits per heavy atom. The zero-order valence-corrected chi connectivity index (χ0v) is 27.5. The maximum Gasteiger partial charge on any atom is 0.340 e. The fourth-order valence-corrected chi connectivity index (χ4v) is 5.33. The molecule has 2 atom stereocenters. The van der Waals surface area contributed by atoms with Crippen molar-refractivity contribution in [1.82, 2.24) is 5.32 Å². The van der Waals surface area contributed by atoms with E-state index < -0.39 is 62.3 Å². The average molecular weight is 714 g/mol. The highest BCUT2D eigenvalue weighted by atomic mass is 35.5. The Kier molecular flexibility index (Phi) is 14.0. The number of furan rings is 1. The van der Waals surface area contributed by atoms with E-state index in [9.17, 15) is 36.4 Å². The minimum atomic E-state index is -4.26. The first-order chi connectivity index (χ1) is 22.6. The lowest BCUT2D eigenvalue weighted by atomic mass is 10.0. The monoisotopic (exact) mass is 713 g/mol. The molecule has 0 saturated heterocycles. The van der Waals surface area contributed by atoms with Crippen LogP contribution < -0.4 is 15.8 Å². The molecule has 0 aliphatic rings. The van der Waals surface area contributed by atoms with Gasteiger partial charge in [0.05, 0.1) is 61.2 Å². The lowest BCUT2D eigenvalue weighted by Gasteiger charge is -2.19.